The maximum Gasteiger partial charge on any atom is 0.241 e. The first-order valence-corrected chi connectivity index (χ1v) is 8.24. The summed E-state index contributed by atoms with van der Waals surface area (Å²) >= 11 is 0. The molecule has 1 aromatic carbocycles. The zero-order valence-electron chi connectivity index (χ0n) is 15.3. The van der Waals surface area contributed by atoms with Crippen LogP contribution in [0.3, 0.4) is 0 Å². The summed E-state index contributed by atoms with van der Waals surface area (Å²) in [6, 6.07) is 3.62. The number of rotatable bonds is 6. The van der Waals surface area contributed by atoms with E-state index in [0.717, 1.165) is 10.5 Å². The second-order valence-electron chi connectivity index (χ2n) is 5.91. The molecule has 3 rings (SSSR count). The van der Waals surface area contributed by atoms with Crippen LogP contribution in [0.15, 0.2) is 18.3 Å². The zero-order chi connectivity index (χ0) is 19.6. The van der Waals surface area contributed by atoms with Crippen molar-refractivity contribution in [3.63, 3.8) is 0 Å². The number of aromatic nitrogens is 2. The molecule has 142 valence electrons. The Kier molecular flexibility index (Phi) is 5.11. The van der Waals surface area contributed by atoms with Gasteiger partial charge in [0.15, 0.2) is 11.5 Å². The van der Waals surface area contributed by atoms with E-state index < -0.39 is 0 Å². The van der Waals surface area contributed by atoms with Gasteiger partial charge in [0.2, 0.25) is 23.5 Å². The first kappa shape index (κ1) is 18.4. The van der Waals surface area contributed by atoms with Crippen LogP contribution < -0.4 is 24.8 Å². The van der Waals surface area contributed by atoms with Gasteiger partial charge in [-0.15, -0.1) is 0 Å². The molecule has 1 saturated heterocycles. The van der Waals surface area contributed by atoms with Crippen molar-refractivity contribution in [1.82, 2.24) is 9.97 Å². The molecule has 9 nitrogen and oxygen atoms in total. The van der Waals surface area contributed by atoms with Crippen LogP contribution >= 0.6 is 0 Å². The second-order valence-corrected chi connectivity index (χ2v) is 5.91. The summed E-state index contributed by atoms with van der Waals surface area (Å²) in [6.45, 7) is 0. The second kappa shape index (κ2) is 7.48. The maximum atomic E-state index is 11.8. The standard InChI is InChI=1S/C18H20N4O5/c1-25-12-7-10(8-13(26-2)16(12)27-3)6-11-9-20-18(21-17(11)19)22-14(23)4-5-15(22)24/h7-9H,4-6H2,1-3H3,(H2,19,20,21). The Bertz CT molecular complexity index is 858. The van der Waals surface area contributed by atoms with Gasteiger partial charge in [-0.2, -0.15) is 4.98 Å². The molecule has 0 saturated carbocycles. The number of hydrogen-bond acceptors (Lipinski definition) is 8. The largest absolute Gasteiger partial charge is 0.493 e. The Morgan fingerprint density at radius 1 is 1.04 bits per heavy atom. The monoisotopic (exact) mass is 372 g/mol. The van der Waals surface area contributed by atoms with Gasteiger partial charge in [0, 0.05) is 31.0 Å². The fraction of sp³-hybridized carbons (Fsp3) is 0.333. The first-order chi connectivity index (χ1) is 13.0. The van der Waals surface area contributed by atoms with Crippen LogP contribution in [-0.2, 0) is 16.0 Å². The predicted molar refractivity (Wildman–Crippen MR) is 97.1 cm³/mol. The van der Waals surface area contributed by atoms with Gasteiger partial charge in [-0.25, -0.2) is 9.88 Å². The first-order valence-electron chi connectivity index (χ1n) is 8.24. The van der Waals surface area contributed by atoms with E-state index in [2.05, 4.69) is 9.97 Å². The van der Waals surface area contributed by atoms with E-state index in [-0.39, 0.29) is 36.4 Å². The van der Waals surface area contributed by atoms with Crippen LogP contribution in [0.5, 0.6) is 17.2 Å². The molecule has 2 amide bonds. The number of ether oxygens (including phenoxy) is 3. The third kappa shape index (κ3) is 3.48. The molecule has 1 fully saturated rings. The van der Waals surface area contributed by atoms with Crippen LogP contribution in [0.25, 0.3) is 0 Å². The van der Waals surface area contributed by atoms with Gasteiger partial charge in [-0.3, -0.25) is 9.59 Å². The van der Waals surface area contributed by atoms with E-state index in [1.807, 2.05) is 12.1 Å². The van der Waals surface area contributed by atoms with Gasteiger partial charge in [0.25, 0.3) is 0 Å². The Balaban J connectivity index is 1.90. The molecule has 0 unspecified atom stereocenters. The van der Waals surface area contributed by atoms with Crippen molar-refractivity contribution in [2.75, 3.05) is 32.0 Å². The number of nitrogens with zero attached hydrogens (tertiary/aromatic N) is 3. The molecule has 1 aromatic heterocycles. The molecule has 0 spiro atoms. The summed E-state index contributed by atoms with van der Waals surface area (Å²) in [5.74, 6) is 1.10. The highest BCUT2D eigenvalue weighted by molar-refractivity contribution is 6.18. The summed E-state index contributed by atoms with van der Waals surface area (Å²) in [7, 11) is 4.61. The highest BCUT2D eigenvalue weighted by Crippen LogP contribution is 2.38. The van der Waals surface area contributed by atoms with Crippen molar-refractivity contribution < 1.29 is 23.8 Å². The molecular weight excluding hydrogens is 352 g/mol. The summed E-state index contributed by atoms with van der Waals surface area (Å²) in [6.07, 6.45) is 2.25. The zero-order valence-corrected chi connectivity index (χ0v) is 15.3. The lowest BCUT2D eigenvalue weighted by Crippen LogP contribution is -2.30. The molecule has 0 atom stereocenters. The van der Waals surface area contributed by atoms with Crippen LogP contribution in [0.2, 0.25) is 0 Å². The number of nitrogens with two attached hydrogens (primary N) is 1. The van der Waals surface area contributed by atoms with E-state index in [4.69, 9.17) is 19.9 Å². The number of nitrogen functional groups attached to an aromatic ring is 1. The normalized spacial score (nSPS) is 13.8. The van der Waals surface area contributed by atoms with Crippen LogP contribution in [0.4, 0.5) is 11.8 Å². The number of methoxy groups -OCH3 is 3. The average molecular weight is 372 g/mol. The van der Waals surface area contributed by atoms with Crippen LogP contribution in [0, 0.1) is 0 Å². The molecule has 0 bridgehead atoms. The number of amides is 2. The van der Waals surface area contributed by atoms with E-state index in [1.165, 1.54) is 27.5 Å². The third-order valence-electron chi connectivity index (χ3n) is 4.26. The Labute approximate surface area is 156 Å². The minimum absolute atomic E-state index is 0.00800. The maximum absolute atomic E-state index is 11.8. The van der Waals surface area contributed by atoms with E-state index in [9.17, 15) is 9.59 Å². The average Bonchev–Trinajstić information content (AvgIpc) is 3.00. The van der Waals surface area contributed by atoms with Crippen molar-refractivity contribution in [2.45, 2.75) is 19.3 Å². The summed E-state index contributed by atoms with van der Waals surface area (Å²) in [5.41, 5.74) is 7.53. The molecule has 2 heterocycles. The van der Waals surface area contributed by atoms with E-state index >= 15 is 0 Å². The van der Waals surface area contributed by atoms with Crippen LogP contribution in [-0.4, -0.2) is 43.1 Å². The summed E-state index contributed by atoms with van der Waals surface area (Å²) < 4.78 is 16.0. The summed E-state index contributed by atoms with van der Waals surface area (Å²) in [5, 5.41) is 0. The van der Waals surface area contributed by atoms with Crippen molar-refractivity contribution >= 4 is 23.6 Å². The number of carbonyl (C=O) groups excluding carboxylic acids is 2. The highest BCUT2D eigenvalue weighted by Gasteiger charge is 2.32. The Morgan fingerprint density at radius 2 is 1.63 bits per heavy atom. The SMILES string of the molecule is COc1cc(Cc2cnc(N3C(=O)CCC3=O)nc2N)cc(OC)c1OC. The third-order valence-corrected chi connectivity index (χ3v) is 4.26. The van der Waals surface area contributed by atoms with Gasteiger partial charge in [-0.1, -0.05) is 0 Å². The van der Waals surface area contributed by atoms with Crippen molar-refractivity contribution in [2.24, 2.45) is 0 Å². The lowest BCUT2D eigenvalue weighted by Gasteiger charge is -2.15. The molecule has 2 N–H and O–H groups in total. The fourth-order valence-electron chi connectivity index (χ4n) is 2.91. The topological polar surface area (TPSA) is 117 Å². The van der Waals surface area contributed by atoms with Gasteiger partial charge in [0.1, 0.15) is 5.82 Å². The molecule has 1 aliphatic heterocycles. The fourth-order valence-corrected chi connectivity index (χ4v) is 2.91. The van der Waals surface area contributed by atoms with Crippen molar-refractivity contribution in [3.8, 4) is 17.2 Å². The molecule has 0 aliphatic carbocycles. The predicted octanol–water partition coefficient (Wildman–Crippen LogP) is 1.33. The van der Waals surface area contributed by atoms with Gasteiger partial charge >= 0.3 is 0 Å². The molecule has 2 aromatic rings. The minimum Gasteiger partial charge on any atom is -0.493 e. The molecule has 9 heteroatoms. The highest BCUT2D eigenvalue weighted by atomic mass is 16.5. The quantitative estimate of drug-likeness (QED) is 0.755. The minimum atomic E-state index is -0.322. The lowest BCUT2D eigenvalue weighted by molar-refractivity contribution is -0.121. The smallest absolute Gasteiger partial charge is 0.241 e. The number of benzene rings is 1. The molecule has 0 radical (unpaired) electrons. The molecule has 27 heavy (non-hydrogen) atoms. The number of hydrogen-bond donors (Lipinski definition) is 1. The summed E-state index contributed by atoms with van der Waals surface area (Å²) in [4.78, 5) is 32.9. The van der Waals surface area contributed by atoms with E-state index in [0.29, 0.717) is 29.2 Å². The molecular formula is C18H20N4O5. The number of imide groups is 1. The van der Waals surface area contributed by atoms with Crippen LogP contribution in [0.1, 0.15) is 24.0 Å². The molecule has 1 aliphatic rings. The Morgan fingerprint density at radius 3 is 2.11 bits per heavy atom. The van der Waals surface area contributed by atoms with Crippen molar-refractivity contribution in [3.05, 3.63) is 29.5 Å². The lowest BCUT2D eigenvalue weighted by atomic mass is 10.1. The van der Waals surface area contributed by atoms with Gasteiger partial charge in [0.05, 0.1) is 21.3 Å². The Hall–Kier alpha value is -3.36. The van der Waals surface area contributed by atoms with Gasteiger partial charge in [-0.05, 0) is 17.7 Å². The number of carbonyl (C=O) groups is 2. The van der Waals surface area contributed by atoms with Gasteiger partial charge < -0.3 is 19.9 Å². The van der Waals surface area contributed by atoms with E-state index in [1.54, 1.807) is 0 Å². The van der Waals surface area contributed by atoms with Crippen molar-refractivity contribution in [1.29, 1.82) is 0 Å². The number of anilines is 2.